The minimum Gasteiger partial charge on any atom is -0.368 e. The Balaban J connectivity index is 2.21. The molecule has 0 unspecified atom stereocenters. The first-order valence-electron chi connectivity index (χ1n) is 5.43. The number of halogens is 2. The fraction of sp³-hybridized carbons (Fsp3) is 0.182. The topological polar surface area (TPSA) is 66.9 Å². The highest BCUT2D eigenvalue weighted by atomic mass is 79.9. The van der Waals surface area contributed by atoms with E-state index in [0.717, 1.165) is 3.79 Å². The number of rotatable bonds is 4. The van der Waals surface area contributed by atoms with Crippen molar-refractivity contribution < 1.29 is 9.18 Å². The second-order valence-electron chi connectivity index (χ2n) is 3.48. The van der Waals surface area contributed by atoms with Gasteiger partial charge in [-0.2, -0.15) is 0 Å². The Labute approximate surface area is 121 Å². The van der Waals surface area contributed by atoms with E-state index in [1.807, 2.05) is 6.92 Å². The van der Waals surface area contributed by atoms with Crippen LogP contribution in [0.3, 0.4) is 0 Å². The summed E-state index contributed by atoms with van der Waals surface area (Å²) in [4.78, 5) is 19.7. The lowest BCUT2D eigenvalue weighted by atomic mass is 10.2. The first-order valence-corrected chi connectivity index (χ1v) is 7.03. The Bertz CT molecular complexity index is 604. The minimum atomic E-state index is -0.669. The fourth-order valence-electron chi connectivity index (χ4n) is 1.39. The lowest BCUT2D eigenvalue weighted by Gasteiger charge is -2.07. The molecule has 5 nitrogen and oxygen atoms in total. The highest BCUT2D eigenvalue weighted by Gasteiger charge is 2.16. The molecule has 100 valence electrons. The van der Waals surface area contributed by atoms with Crippen LogP contribution in [0.15, 0.2) is 22.2 Å². The number of carbonyl (C=O) groups excluding carboxylic acids is 1. The summed E-state index contributed by atoms with van der Waals surface area (Å²) in [5.41, 5.74) is -0.0720. The van der Waals surface area contributed by atoms with Crippen LogP contribution in [0.25, 0.3) is 0 Å². The summed E-state index contributed by atoms with van der Waals surface area (Å²) in [6.07, 6.45) is 2.95. The van der Waals surface area contributed by atoms with Gasteiger partial charge in [0.1, 0.15) is 0 Å². The highest BCUT2D eigenvalue weighted by molar-refractivity contribution is 9.11. The molecule has 0 atom stereocenters. The van der Waals surface area contributed by atoms with Gasteiger partial charge in [0.25, 0.3) is 5.91 Å². The van der Waals surface area contributed by atoms with Gasteiger partial charge in [-0.05, 0) is 28.9 Å². The van der Waals surface area contributed by atoms with Crippen molar-refractivity contribution in [2.45, 2.75) is 6.92 Å². The number of pyridine rings is 1. The maximum Gasteiger partial charge on any atom is 0.260 e. The molecular formula is C11H10BrFN4OS. The zero-order valence-electron chi connectivity index (χ0n) is 9.91. The molecule has 0 aliphatic heterocycles. The summed E-state index contributed by atoms with van der Waals surface area (Å²) >= 11 is 4.49. The summed E-state index contributed by atoms with van der Waals surface area (Å²) in [7, 11) is 0. The van der Waals surface area contributed by atoms with E-state index in [4.69, 9.17) is 0 Å². The summed E-state index contributed by atoms with van der Waals surface area (Å²) in [5, 5.41) is 5.69. The average Bonchev–Trinajstić information content (AvgIpc) is 2.77. The van der Waals surface area contributed by atoms with E-state index < -0.39 is 11.7 Å². The Morgan fingerprint density at radius 2 is 2.32 bits per heavy atom. The molecule has 1 amide bonds. The third-order valence-electron chi connectivity index (χ3n) is 2.18. The normalized spacial score (nSPS) is 10.3. The van der Waals surface area contributed by atoms with E-state index in [9.17, 15) is 9.18 Å². The van der Waals surface area contributed by atoms with Crippen molar-refractivity contribution in [3.8, 4) is 0 Å². The Hall–Kier alpha value is -1.54. The van der Waals surface area contributed by atoms with E-state index in [1.54, 1.807) is 6.20 Å². The quantitative estimate of drug-likeness (QED) is 0.894. The molecule has 0 radical (unpaired) electrons. The summed E-state index contributed by atoms with van der Waals surface area (Å²) in [5.74, 6) is -1.16. The van der Waals surface area contributed by atoms with Gasteiger partial charge in [0.15, 0.2) is 16.8 Å². The Morgan fingerprint density at radius 1 is 1.53 bits per heavy atom. The van der Waals surface area contributed by atoms with Crippen LogP contribution in [0.4, 0.5) is 15.3 Å². The van der Waals surface area contributed by atoms with Gasteiger partial charge in [-0.25, -0.2) is 14.4 Å². The van der Waals surface area contributed by atoms with Crippen LogP contribution < -0.4 is 10.6 Å². The molecule has 0 bridgehead atoms. The van der Waals surface area contributed by atoms with Crippen LogP contribution in [0.5, 0.6) is 0 Å². The summed E-state index contributed by atoms with van der Waals surface area (Å²) in [6.45, 7) is 2.34. The molecule has 2 N–H and O–H groups in total. The van der Waals surface area contributed by atoms with E-state index in [2.05, 4.69) is 36.5 Å². The first kappa shape index (κ1) is 13.9. The lowest BCUT2D eigenvalue weighted by molar-refractivity contribution is 0.102. The van der Waals surface area contributed by atoms with E-state index >= 15 is 0 Å². The molecule has 0 fully saturated rings. The zero-order valence-corrected chi connectivity index (χ0v) is 12.3. The van der Waals surface area contributed by atoms with Gasteiger partial charge in [-0.1, -0.05) is 11.3 Å². The van der Waals surface area contributed by atoms with Crippen molar-refractivity contribution in [2.75, 3.05) is 17.2 Å². The van der Waals surface area contributed by atoms with Crippen LogP contribution in [0.1, 0.15) is 17.3 Å². The van der Waals surface area contributed by atoms with Crippen LogP contribution >= 0.6 is 27.3 Å². The zero-order chi connectivity index (χ0) is 13.8. The molecular weight excluding hydrogens is 335 g/mol. The third kappa shape index (κ3) is 3.27. The molecule has 2 aromatic rings. The van der Waals surface area contributed by atoms with Gasteiger partial charge in [-0.15, -0.1) is 0 Å². The van der Waals surface area contributed by atoms with Crippen molar-refractivity contribution in [3.05, 3.63) is 33.6 Å². The standard InChI is InChI=1S/C11H10BrFN4OS/c1-2-14-9-8(13)6(3-4-15-9)10(18)17-11-16-5-7(12)19-11/h3-5H,2H2,1H3,(H,14,15)(H,16,17,18). The monoisotopic (exact) mass is 344 g/mol. The molecule has 2 rings (SSSR count). The minimum absolute atomic E-state index is 0.0652. The SMILES string of the molecule is CCNc1nccc(C(=O)Nc2ncc(Br)s2)c1F. The number of hydrogen-bond donors (Lipinski definition) is 2. The van der Waals surface area contributed by atoms with Crippen molar-refractivity contribution in [1.82, 2.24) is 9.97 Å². The smallest absolute Gasteiger partial charge is 0.260 e. The summed E-state index contributed by atoms with van der Waals surface area (Å²) < 4.78 is 14.8. The maximum atomic E-state index is 14.0. The van der Waals surface area contributed by atoms with Crippen molar-refractivity contribution in [2.24, 2.45) is 0 Å². The predicted molar refractivity (Wildman–Crippen MR) is 76.1 cm³/mol. The first-order chi connectivity index (χ1) is 9.11. The molecule has 0 spiro atoms. The number of aromatic nitrogens is 2. The van der Waals surface area contributed by atoms with Crippen molar-refractivity contribution >= 4 is 44.1 Å². The highest BCUT2D eigenvalue weighted by Crippen LogP contribution is 2.24. The Morgan fingerprint density at radius 3 is 2.95 bits per heavy atom. The molecule has 0 aromatic carbocycles. The van der Waals surface area contributed by atoms with E-state index in [0.29, 0.717) is 11.7 Å². The predicted octanol–water partition coefficient (Wildman–Crippen LogP) is 3.12. The maximum absolute atomic E-state index is 14.0. The second-order valence-corrected chi connectivity index (χ2v) is 5.88. The molecule has 0 aliphatic carbocycles. The van der Waals surface area contributed by atoms with Gasteiger partial charge in [-0.3, -0.25) is 10.1 Å². The van der Waals surface area contributed by atoms with Crippen LogP contribution in [0.2, 0.25) is 0 Å². The fourth-order valence-corrected chi connectivity index (χ4v) is 2.49. The van der Waals surface area contributed by atoms with Crippen molar-refractivity contribution in [1.29, 1.82) is 0 Å². The van der Waals surface area contributed by atoms with Crippen LogP contribution in [-0.4, -0.2) is 22.4 Å². The number of nitrogens with zero attached hydrogens (tertiary/aromatic N) is 2. The lowest BCUT2D eigenvalue weighted by Crippen LogP contribution is -2.15. The number of hydrogen-bond acceptors (Lipinski definition) is 5. The second kappa shape index (κ2) is 6.07. The number of anilines is 2. The summed E-state index contributed by atoms with van der Waals surface area (Å²) in [6, 6.07) is 1.33. The molecule has 0 saturated carbocycles. The molecule has 8 heteroatoms. The largest absolute Gasteiger partial charge is 0.368 e. The van der Waals surface area contributed by atoms with Gasteiger partial charge >= 0.3 is 0 Å². The number of amides is 1. The molecule has 19 heavy (non-hydrogen) atoms. The Kier molecular flexibility index (Phi) is 4.43. The molecule has 0 aliphatic rings. The van der Waals surface area contributed by atoms with Crippen LogP contribution in [-0.2, 0) is 0 Å². The van der Waals surface area contributed by atoms with Crippen molar-refractivity contribution in [3.63, 3.8) is 0 Å². The third-order valence-corrected chi connectivity index (χ3v) is 3.57. The van der Waals surface area contributed by atoms with E-state index in [1.165, 1.54) is 23.6 Å². The van der Waals surface area contributed by atoms with E-state index in [-0.39, 0.29) is 11.4 Å². The number of carbonyl (C=O) groups is 1. The van der Waals surface area contributed by atoms with Crippen LogP contribution in [0, 0.1) is 5.82 Å². The van der Waals surface area contributed by atoms with Gasteiger partial charge in [0.05, 0.1) is 15.5 Å². The molecule has 2 heterocycles. The van der Waals surface area contributed by atoms with Gasteiger partial charge in [0, 0.05) is 12.7 Å². The number of thiazole rings is 1. The molecule has 2 aromatic heterocycles. The average molecular weight is 345 g/mol. The number of nitrogens with one attached hydrogen (secondary N) is 2. The van der Waals surface area contributed by atoms with Gasteiger partial charge in [0.2, 0.25) is 0 Å². The molecule has 0 saturated heterocycles. The van der Waals surface area contributed by atoms with Gasteiger partial charge < -0.3 is 5.32 Å².